The molecule has 0 unspecified atom stereocenters. The highest BCUT2D eigenvalue weighted by atomic mass is 19.1. The fourth-order valence-electron chi connectivity index (χ4n) is 6.80. The number of carbonyl (C=O) groups excluding carboxylic acids is 2. The number of amides is 2. The Bertz CT molecular complexity index is 2500. The average Bonchev–Trinajstić information content (AvgIpc) is 3.92. The summed E-state index contributed by atoms with van der Waals surface area (Å²) in [5.41, 5.74) is 13.2. The molecule has 0 spiro atoms. The summed E-state index contributed by atoms with van der Waals surface area (Å²) in [6, 6.07) is 18.1. The number of imidazole rings is 2. The highest BCUT2D eigenvalue weighted by Gasteiger charge is 2.31. The second-order valence-electron chi connectivity index (χ2n) is 13.7. The Morgan fingerprint density at radius 3 is 1.54 bits per heavy atom. The summed E-state index contributed by atoms with van der Waals surface area (Å²) in [6.45, 7) is 5.70. The van der Waals surface area contributed by atoms with E-state index in [1.165, 1.54) is 36.4 Å². The molecule has 2 aliphatic rings. The van der Waals surface area contributed by atoms with E-state index in [4.69, 9.17) is 5.73 Å². The van der Waals surface area contributed by atoms with E-state index >= 15 is 0 Å². The van der Waals surface area contributed by atoms with Crippen LogP contribution < -0.4 is 5.73 Å². The number of nitrogens with two attached hydrogens (primary N) is 1. The van der Waals surface area contributed by atoms with Crippen LogP contribution in [0.15, 0.2) is 72.8 Å². The number of halogens is 2. The Morgan fingerprint density at radius 2 is 1.09 bits per heavy atom. The minimum Gasteiger partial charge on any atom is -0.397 e. The number of nitro groups is 1. The number of hydrogen-bond acceptors (Lipinski definition) is 9. The lowest BCUT2D eigenvalue weighted by Gasteiger charge is -2.17. The maximum absolute atomic E-state index is 13.2. The van der Waals surface area contributed by atoms with Crippen LogP contribution in [-0.2, 0) is 62.7 Å². The summed E-state index contributed by atoms with van der Waals surface area (Å²) in [4.78, 5) is 57.7. The molecule has 286 valence electrons. The van der Waals surface area contributed by atoms with Gasteiger partial charge in [0, 0.05) is 31.3 Å². The zero-order chi connectivity index (χ0) is 39.8. The van der Waals surface area contributed by atoms with E-state index in [0.717, 1.165) is 40.0 Å². The van der Waals surface area contributed by atoms with Crippen LogP contribution in [0, 0.1) is 35.6 Å². The Balaban J connectivity index is 0.000000172. The lowest BCUT2D eigenvalue weighted by Crippen LogP contribution is -2.28. The van der Waals surface area contributed by atoms with Crippen LogP contribution in [0.4, 0.5) is 20.2 Å². The molecule has 0 atom stereocenters. The third-order valence-electron chi connectivity index (χ3n) is 10.2. The van der Waals surface area contributed by atoms with E-state index in [1.807, 2.05) is 37.1 Å². The lowest BCUT2D eigenvalue weighted by molar-refractivity contribution is -0.385. The number of aromatic nitrogens is 6. The van der Waals surface area contributed by atoms with Crippen LogP contribution in [-0.4, -0.2) is 55.6 Å². The maximum atomic E-state index is 13.2. The van der Waals surface area contributed by atoms with Gasteiger partial charge in [0.2, 0.25) is 11.8 Å². The van der Waals surface area contributed by atoms with Gasteiger partial charge in [-0.05, 0) is 80.6 Å². The molecule has 0 saturated heterocycles. The van der Waals surface area contributed by atoms with Crippen LogP contribution in [0.1, 0.15) is 45.8 Å². The number of nitrogens with zero attached hydrogens (tertiary/aromatic N) is 9. The SMILES string of the molecule is Cc1nc2c(n1C)CN(C(=O)Cc1nc(-c3ccc(F)cc3)ccc1N)C2.Cc1nc2c(n1C)CN(C(=O)Cc1nc(-c3ccc(F)cc3)ccc1[N+](=O)[O-])C2. The van der Waals surface area contributed by atoms with Gasteiger partial charge in [-0.3, -0.25) is 24.7 Å². The number of carbonyl (C=O) groups is 2. The minimum atomic E-state index is -0.548. The maximum Gasteiger partial charge on any atom is 0.291 e. The van der Waals surface area contributed by atoms with Crippen molar-refractivity contribution in [2.75, 3.05) is 5.73 Å². The number of rotatable bonds is 7. The molecule has 0 radical (unpaired) electrons. The molecular formula is C40H38F2N10O4. The standard InChI is InChI=1S/C20H18FN5O3.C20H20FN5O/c1-12-22-17-10-25(11-19(17)24(12)2)20(27)9-16-18(26(28)29)8-7-15(23-16)13-3-5-14(21)6-4-13;1-12-23-18-10-26(11-19(18)25(12)2)20(27)9-17-15(22)7-8-16(24-17)13-3-5-14(21)6-4-13/h3-8H,9-11H2,1-2H3;3-8H,9-11,22H2,1-2H3. The normalized spacial score (nSPS) is 13.0. The molecule has 6 heterocycles. The summed E-state index contributed by atoms with van der Waals surface area (Å²) < 4.78 is 30.3. The molecule has 2 aromatic carbocycles. The van der Waals surface area contributed by atoms with Crippen LogP contribution in [0.3, 0.4) is 0 Å². The van der Waals surface area contributed by atoms with Crippen molar-refractivity contribution >= 4 is 23.2 Å². The van der Waals surface area contributed by atoms with Crippen LogP contribution >= 0.6 is 0 Å². The Hall–Kier alpha value is -6.84. The molecule has 16 heteroatoms. The number of hydrogen-bond donors (Lipinski definition) is 1. The molecule has 2 aliphatic heterocycles. The van der Waals surface area contributed by atoms with E-state index in [1.54, 1.807) is 46.2 Å². The average molecular weight is 761 g/mol. The van der Waals surface area contributed by atoms with E-state index in [2.05, 4.69) is 19.9 Å². The first-order chi connectivity index (χ1) is 26.7. The van der Waals surface area contributed by atoms with Gasteiger partial charge in [0.15, 0.2) is 0 Å². The first-order valence-corrected chi connectivity index (χ1v) is 17.7. The van der Waals surface area contributed by atoms with Gasteiger partial charge in [-0.25, -0.2) is 23.7 Å². The highest BCUT2D eigenvalue weighted by Crippen LogP contribution is 2.28. The predicted octanol–water partition coefficient (Wildman–Crippen LogP) is 5.52. The molecule has 2 N–H and O–H groups in total. The Kier molecular flexibility index (Phi) is 10.1. The quantitative estimate of drug-likeness (QED) is 0.163. The largest absolute Gasteiger partial charge is 0.397 e. The molecule has 56 heavy (non-hydrogen) atoms. The molecule has 2 amide bonds. The second kappa shape index (κ2) is 15.1. The summed E-state index contributed by atoms with van der Waals surface area (Å²) in [7, 11) is 3.86. The van der Waals surface area contributed by atoms with Crippen molar-refractivity contribution in [2.24, 2.45) is 14.1 Å². The number of benzene rings is 2. The van der Waals surface area contributed by atoms with E-state index in [0.29, 0.717) is 54.5 Å². The van der Waals surface area contributed by atoms with Crippen molar-refractivity contribution in [3.8, 4) is 22.5 Å². The van der Waals surface area contributed by atoms with Gasteiger partial charge in [0.05, 0.1) is 89.5 Å². The molecule has 0 aliphatic carbocycles. The molecular weight excluding hydrogens is 723 g/mol. The highest BCUT2D eigenvalue weighted by molar-refractivity contribution is 5.81. The lowest BCUT2D eigenvalue weighted by atomic mass is 10.1. The third kappa shape index (κ3) is 7.58. The molecule has 4 aromatic heterocycles. The van der Waals surface area contributed by atoms with Crippen molar-refractivity contribution in [2.45, 2.75) is 52.9 Å². The van der Waals surface area contributed by atoms with Crippen LogP contribution in [0.2, 0.25) is 0 Å². The van der Waals surface area contributed by atoms with Crippen molar-refractivity contribution in [1.29, 1.82) is 0 Å². The summed E-state index contributed by atoms with van der Waals surface area (Å²) in [5.74, 6) is 0.843. The number of fused-ring (bicyclic) bond motifs is 2. The van der Waals surface area contributed by atoms with Gasteiger partial charge in [-0.15, -0.1) is 0 Å². The zero-order valence-electron chi connectivity index (χ0n) is 31.2. The monoisotopic (exact) mass is 760 g/mol. The summed E-state index contributed by atoms with van der Waals surface area (Å²) in [6.07, 6.45) is -0.0772. The van der Waals surface area contributed by atoms with Gasteiger partial charge in [-0.2, -0.15) is 0 Å². The van der Waals surface area contributed by atoms with Gasteiger partial charge in [0.1, 0.15) is 29.0 Å². The molecule has 6 aromatic rings. The second-order valence-corrected chi connectivity index (χ2v) is 13.7. The van der Waals surface area contributed by atoms with E-state index < -0.39 is 4.92 Å². The van der Waals surface area contributed by atoms with E-state index in [-0.39, 0.29) is 47.7 Å². The summed E-state index contributed by atoms with van der Waals surface area (Å²) >= 11 is 0. The van der Waals surface area contributed by atoms with Gasteiger partial charge < -0.3 is 24.7 Å². The molecule has 0 fully saturated rings. The molecule has 0 saturated carbocycles. The number of anilines is 1. The van der Waals surface area contributed by atoms with Gasteiger partial charge in [-0.1, -0.05) is 0 Å². The van der Waals surface area contributed by atoms with Crippen LogP contribution in [0.25, 0.3) is 22.5 Å². The zero-order valence-corrected chi connectivity index (χ0v) is 31.2. The molecule has 0 bridgehead atoms. The van der Waals surface area contributed by atoms with Crippen molar-refractivity contribution in [3.05, 3.63) is 140 Å². The van der Waals surface area contributed by atoms with E-state index in [9.17, 15) is 28.5 Å². The molecule has 8 rings (SSSR count). The Labute approximate surface area is 320 Å². The number of pyridine rings is 2. The van der Waals surface area contributed by atoms with Gasteiger partial charge in [0.25, 0.3) is 5.69 Å². The van der Waals surface area contributed by atoms with Crippen molar-refractivity contribution in [3.63, 3.8) is 0 Å². The topological polar surface area (TPSA) is 171 Å². The minimum absolute atomic E-state index is 0.0406. The van der Waals surface area contributed by atoms with Gasteiger partial charge >= 0.3 is 0 Å². The predicted molar refractivity (Wildman–Crippen MR) is 202 cm³/mol. The first-order valence-electron chi connectivity index (χ1n) is 17.7. The third-order valence-corrected chi connectivity index (χ3v) is 10.2. The smallest absolute Gasteiger partial charge is 0.291 e. The first kappa shape index (κ1) is 37.5. The fraction of sp³-hybridized carbons (Fsp3) is 0.250. The molecule has 14 nitrogen and oxygen atoms in total. The summed E-state index contributed by atoms with van der Waals surface area (Å²) in [5, 5.41) is 11.4. The van der Waals surface area contributed by atoms with Crippen LogP contribution in [0.5, 0.6) is 0 Å². The number of aryl methyl sites for hydroxylation is 2. The number of nitrogen functional groups attached to an aromatic ring is 1. The Morgan fingerprint density at radius 1 is 0.661 bits per heavy atom. The van der Waals surface area contributed by atoms with Crippen molar-refractivity contribution < 1.29 is 23.3 Å². The van der Waals surface area contributed by atoms with Crippen molar-refractivity contribution in [1.82, 2.24) is 38.9 Å². The fourth-order valence-corrected chi connectivity index (χ4v) is 6.80.